The Morgan fingerprint density at radius 3 is 2.95 bits per heavy atom. The number of halogens is 1. The van der Waals surface area contributed by atoms with Gasteiger partial charge >= 0.3 is 5.69 Å². The quantitative estimate of drug-likeness (QED) is 0.800. The van der Waals surface area contributed by atoms with Crippen molar-refractivity contribution in [3.63, 3.8) is 0 Å². The van der Waals surface area contributed by atoms with E-state index in [-0.39, 0.29) is 24.1 Å². The highest BCUT2D eigenvalue weighted by Gasteiger charge is 2.15. The Morgan fingerprint density at radius 1 is 1.53 bits per heavy atom. The fourth-order valence-corrected chi connectivity index (χ4v) is 2.23. The number of carbonyl (C=O) groups excluding carboxylic acids is 1. The number of amides is 1. The number of fused-ring (bicyclic) bond motifs is 1. The van der Waals surface area contributed by atoms with Crippen molar-refractivity contribution in [2.45, 2.75) is 19.4 Å². The van der Waals surface area contributed by atoms with Gasteiger partial charge in [-0.15, -0.1) is 0 Å². The molecule has 1 unspecified atom stereocenters. The summed E-state index contributed by atoms with van der Waals surface area (Å²) in [5.74, 6) is -0.329. The predicted molar refractivity (Wildman–Crippen MR) is 73.8 cm³/mol. The first-order chi connectivity index (χ1) is 9.01. The van der Waals surface area contributed by atoms with Crippen LogP contribution in [-0.4, -0.2) is 21.9 Å². The molecule has 0 radical (unpaired) electrons. The van der Waals surface area contributed by atoms with Crippen molar-refractivity contribution in [1.29, 1.82) is 5.26 Å². The van der Waals surface area contributed by atoms with Crippen LogP contribution < -0.4 is 11.0 Å². The summed E-state index contributed by atoms with van der Waals surface area (Å²) in [4.78, 5) is 28.6. The largest absolute Gasteiger partial charge is 0.348 e. The lowest BCUT2D eigenvalue weighted by atomic mass is 10.1. The number of imidazole rings is 1. The Hall–Kier alpha value is -2.07. The van der Waals surface area contributed by atoms with Crippen LogP contribution >= 0.6 is 15.9 Å². The molecule has 1 aromatic carbocycles. The molecule has 0 aliphatic rings. The van der Waals surface area contributed by atoms with E-state index in [1.54, 1.807) is 19.1 Å². The summed E-state index contributed by atoms with van der Waals surface area (Å²) in [5.41, 5.74) is 0.993. The second kappa shape index (κ2) is 5.28. The number of hydrogen-bond acceptors (Lipinski definition) is 3. The number of benzene rings is 1. The van der Waals surface area contributed by atoms with Gasteiger partial charge in [0.1, 0.15) is 0 Å². The van der Waals surface area contributed by atoms with E-state index in [1.165, 1.54) is 0 Å². The maximum Gasteiger partial charge on any atom is 0.323 e. The van der Waals surface area contributed by atoms with Crippen LogP contribution in [0.5, 0.6) is 0 Å². The van der Waals surface area contributed by atoms with Crippen LogP contribution in [0.2, 0.25) is 0 Å². The SMILES string of the molecule is CC(CC#N)NC(=O)c1cc(Br)cc2[nH]c(=O)[nH]c12. The third-order valence-corrected chi connectivity index (χ3v) is 3.07. The van der Waals surface area contributed by atoms with Gasteiger partial charge in [0, 0.05) is 10.5 Å². The van der Waals surface area contributed by atoms with Gasteiger partial charge in [0.25, 0.3) is 5.91 Å². The molecule has 2 rings (SSSR count). The lowest BCUT2D eigenvalue weighted by molar-refractivity contribution is 0.0942. The Morgan fingerprint density at radius 2 is 2.26 bits per heavy atom. The maximum atomic E-state index is 12.1. The van der Waals surface area contributed by atoms with Crippen LogP contribution in [0.25, 0.3) is 11.0 Å². The van der Waals surface area contributed by atoms with Crippen molar-refractivity contribution < 1.29 is 4.79 Å². The molecule has 0 aliphatic carbocycles. The molecule has 0 saturated carbocycles. The number of carbonyl (C=O) groups is 1. The average molecular weight is 323 g/mol. The van der Waals surface area contributed by atoms with Gasteiger partial charge in [-0.2, -0.15) is 5.26 Å². The van der Waals surface area contributed by atoms with Crippen LogP contribution in [0.4, 0.5) is 0 Å². The average Bonchev–Trinajstić information content (AvgIpc) is 2.68. The minimum atomic E-state index is -0.368. The summed E-state index contributed by atoms with van der Waals surface area (Å²) in [6, 6.07) is 5.07. The minimum Gasteiger partial charge on any atom is -0.348 e. The summed E-state index contributed by atoms with van der Waals surface area (Å²) in [7, 11) is 0. The molecule has 6 nitrogen and oxygen atoms in total. The third kappa shape index (κ3) is 2.85. The molecule has 1 aromatic heterocycles. The van der Waals surface area contributed by atoms with E-state index in [2.05, 4.69) is 31.2 Å². The van der Waals surface area contributed by atoms with Crippen LogP contribution in [0, 0.1) is 11.3 Å². The van der Waals surface area contributed by atoms with Crippen LogP contribution in [-0.2, 0) is 0 Å². The maximum absolute atomic E-state index is 12.1. The molecule has 0 bridgehead atoms. The van der Waals surface area contributed by atoms with Crippen LogP contribution in [0.1, 0.15) is 23.7 Å². The zero-order chi connectivity index (χ0) is 14.0. The fraction of sp³-hybridized carbons (Fsp3) is 0.250. The second-order valence-electron chi connectivity index (χ2n) is 4.19. The van der Waals surface area contributed by atoms with Crippen molar-refractivity contribution in [1.82, 2.24) is 15.3 Å². The summed E-state index contributed by atoms with van der Waals surface area (Å²) in [6.45, 7) is 1.75. The van der Waals surface area contributed by atoms with Gasteiger partial charge in [-0.25, -0.2) is 4.79 Å². The molecule has 0 aliphatic heterocycles. The smallest absolute Gasteiger partial charge is 0.323 e. The normalized spacial score (nSPS) is 12.1. The molecule has 1 amide bonds. The van der Waals surface area contributed by atoms with Gasteiger partial charge in [0.05, 0.1) is 29.1 Å². The number of nitriles is 1. The molecular formula is C12H11BrN4O2. The molecule has 1 heterocycles. The van der Waals surface area contributed by atoms with E-state index in [9.17, 15) is 9.59 Å². The van der Waals surface area contributed by atoms with Gasteiger partial charge < -0.3 is 15.3 Å². The van der Waals surface area contributed by atoms with E-state index in [0.29, 0.717) is 21.1 Å². The topological polar surface area (TPSA) is 102 Å². The molecule has 7 heteroatoms. The number of H-pyrrole nitrogens is 2. The Kier molecular flexibility index (Phi) is 3.71. The highest BCUT2D eigenvalue weighted by Crippen LogP contribution is 2.20. The third-order valence-electron chi connectivity index (χ3n) is 2.61. The number of hydrogen-bond donors (Lipinski definition) is 3. The first kappa shape index (κ1) is 13.4. The molecule has 0 spiro atoms. The standard InChI is InChI=1S/C12H11BrN4O2/c1-6(2-3-14)15-11(18)8-4-7(13)5-9-10(8)17-12(19)16-9/h4-6H,2H2,1H3,(H,15,18)(H2,16,17,19). The Bertz CT molecular complexity index is 725. The molecule has 0 saturated heterocycles. The predicted octanol–water partition coefficient (Wildman–Crippen LogP) is 1.65. The van der Waals surface area contributed by atoms with E-state index < -0.39 is 0 Å². The van der Waals surface area contributed by atoms with E-state index in [1.807, 2.05) is 6.07 Å². The zero-order valence-corrected chi connectivity index (χ0v) is 11.7. The summed E-state index contributed by atoms with van der Waals surface area (Å²) in [6.07, 6.45) is 0.229. The van der Waals surface area contributed by atoms with Crippen molar-refractivity contribution in [3.05, 3.63) is 32.7 Å². The number of rotatable bonds is 3. The van der Waals surface area contributed by atoms with E-state index >= 15 is 0 Å². The molecule has 19 heavy (non-hydrogen) atoms. The van der Waals surface area contributed by atoms with Crippen LogP contribution in [0.3, 0.4) is 0 Å². The molecule has 0 fully saturated rings. The molecular weight excluding hydrogens is 312 g/mol. The zero-order valence-electron chi connectivity index (χ0n) is 10.1. The first-order valence-corrected chi connectivity index (χ1v) is 6.40. The van der Waals surface area contributed by atoms with Crippen molar-refractivity contribution in [2.75, 3.05) is 0 Å². The van der Waals surface area contributed by atoms with Gasteiger partial charge in [-0.05, 0) is 19.1 Å². The molecule has 3 N–H and O–H groups in total. The summed E-state index contributed by atoms with van der Waals surface area (Å²) < 4.78 is 0.688. The van der Waals surface area contributed by atoms with E-state index in [4.69, 9.17) is 5.26 Å². The van der Waals surface area contributed by atoms with E-state index in [0.717, 1.165) is 0 Å². The number of aromatic nitrogens is 2. The molecule has 98 valence electrons. The summed E-state index contributed by atoms with van der Waals surface area (Å²) >= 11 is 3.29. The Labute approximate surface area is 116 Å². The second-order valence-corrected chi connectivity index (χ2v) is 5.11. The molecule has 1 atom stereocenters. The highest BCUT2D eigenvalue weighted by atomic mass is 79.9. The van der Waals surface area contributed by atoms with Crippen LogP contribution in [0.15, 0.2) is 21.4 Å². The Balaban J connectivity index is 2.41. The van der Waals surface area contributed by atoms with Gasteiger partial charge in [0.15, 0.2) is 0 Å². The number of nitrogens with one attached hydrogen (secondary N) is 3. The van der Waals surface area contributed by atoms with Crippen molar-refractivity contribution in [2.24, 2.45) is 0 Å². The van der Waals surface area contributed by atoms with Gasteiger partial charge in [-0.1, -0.05) is 15.9 Å². The number of nitrogens with zero attached hydrogens (tertiary/aromatic N) is 1. The lowest BCUT2D eigenvalue weighted by Gasteiger charge is -2.11. The highest BCUT2D eigenvalue weighted by molar-refractivity contribution is 9.10. The van der Waals surface area contributed by atoms with Gasteiger partial charge in [0.2, 0.25) is 0 Å². The van der Waals surface area contributed by atoms with Gasteiger partial charge in [-0.3, -0.25) is 4.79 Å². The minimum absolute atomic E-state index is 0.229. The molecule has 2 aromatic rings. The monoisotopic (exact) mass is 322 g/mol. The lowest BCUT2D eigenvalue weighted by Crippen LogP contribution is -2.32. The van der Waals surface area contributed by atoms with Crippen molar-refractivity contribution in [3.8, 4) is 6.07 Å². The summed E-state index contributed by atoms with van der Waals surface area (Å²) in [5, 5.41) is 11.3. The first-order valence-electron chi connectivity index (χ1n) is 5.60. The fourth-order valence-electron chi connectivity index (χ4n) is 1.78. The number of aromatic amines is 2. The van der Waals surface area contributed by atoms with Crippen molar-refractivity contribution >= 4 is 32.9 Å².